The summed E-state index contributed by atoms with van der Waals surface area (Å²) in [4.78, 5) is 12.3. The number of anilines is 1. The van der Waals surface area contributed by atoms with Crippen LogP contribution in [0.1, 0.15) is 40.4 Å². The number of carbonyl (C=O) groups is 1. The van der Waals surface area contributed by atoms with E-state index in [9.17, 15) is 4.79 Å². The molecule has 0 radical (unpaired) electrons. The molecule has 0 saturated heterocycles. The lowest BCUT2D eigenvalue weighted by molar-refractivity contribution is 0.0977. The second-order valence-electron chi connectivity index (χ2n) is 6.05. The van der Waals surface area contributed by atoms with Crippen LogP contribution in [-0.4, -0.2) is 17.6 Å². The van der Waals surface area contributed by atoms with Crippen molar-refractivity contribution in [3.05, 3.63) is 58.7 Å². The summed E-state index contributed by atoms with van der Waals surface area (Å²) in [5.41, 5.74) is 4.84. The molecule has 132 valence electrons. The Kier molecular flexibility index (Phi) is 6.53. The number of amides is 1. The quantitative estimate of drug-likeness (QED) is 0.773. The summed E-state index contributed by atoms with van der Waals surface area (Å²) < 4.78 is 5.52. The topological polar surface area (TPSA) is 50.4 Å². The predicted molar refractivity (Wildman–Crippen MR) is 107 cm³/mol. The highest BCUT2D eigenvalue weighted by atomic mass is 32.1. The molecule has 0 aliphatic rings. The second kappa shape index (κ2) is 8.62. The molecule has 0 aliphatic carbocycles. The van der Waals surface area contributed by atoms with Gasteiger partial charge in [0.1, 0.15) is 5.75 Å². The third kappa shape index (κ3) is 5.29. The molecule has 0 aliphatic heterocycles. The van der Waals surface area contributed by atoms with Gasteiger partial charge in [-0.2, -0.15) is 0 Å². The Bertz CT molecular complexity index is 747. The first-order valence-electron chi connectivity index (χ1n) is 8.33. The zero-order chi connectivity index (χ0) is 18.4. The van der Waals surface area contributed by atoms with Crippen LogP contribution < -0.4 is 15.4 Å². The minimum atomic E-state index is -0.248. The van der Waals surface area contributed by atoms with Crippen LogP contribution >= 0.6 is 12.2 Å². The van der Waals surface area contributed by atoms with Crippen LogP contribution in [-0.2, 0) is 0 Å². The molecule has 0 bridgehead atoms. The van der Waals surface area contributed by atoms with E-state index in [-0.39, 0.29) is 11.0 Å². The number of nitrogens with one attached hydrogen (secondary N) is 2. The van der Waals surface area contributed by atoms with Crippen molar-refractivity contribution in [2.75, 3.05) is 11.9 Å². The lowest BCUT2D eigenvalue weighted by Gasteiger charge is -2.15. The van der Waals surface area contributed by atoms with Crippen LogP contribution in [0.3, 0.4) is 0 Å². The molecule has 2 aromatic carbocycles. The Morgan fingerprint density at radius 1 is 1.08 bits per heavy atom. The first-order valence-corrected chi connectivity index (χ1v) is 8.74. The fraction of sp³-hybridized carbons (Fsp3) is 0.300. The third-order valence-electron chi connectivity index (χ3n) is 3.73. The van der Waals surface area contributed by atoms with Crippen molar-refractivity contribution in [1.29, 1.82) is 0 Å². The largest absolute Gasteiger partial charge is 0.494 e. The molecule has 4 nitrogen and oxygen atoms in total. The monoisotopic (exact) mass is 356 g/mol. The molecule has 0 heterocycles. The number of thiocarbonyl (C=S) groups is 1. The number of rotatable bonds is 5. The van der Waals surface area contributed by atoms with Crippen LogP contribution in [0.25, 0.3) is 0 Å². The Morgan fingerprint density at radius 2 is 1.68 bits per heavy atom. The number of hydrogen-bond donors (Lipinski definition) is 2. The standard InChI is InChI=1S/C20H24N2O2S/c1-5-10-24-17-8-6-16(7-9-17)19(23)22-20(25)21-18-14(3)11-13(2)12-15(18)4/h6-9,11-12H,5,10H2,1-4H3,(H2,21,22,23,25). The summed E-state index contributed by atoms with van der Waals surface area (Å²) in [7, 11) is 0. The Labute approximate surface area is 154 Å². The molecule has 0 unspecified atom stereocenters. The van der Waals surface area contributed by atoms with E-state index in [1.54, 1.807) is 24.3 Å². The van der Waals surface area contributed by atoms with Crippen molar-refractivity contribution in [3.8, 4) is 5.75 Å². The van der Waals surface area contributed by atoms with Gasteiger partial charge in [-0.15, -0.1) is 0 Å². The fourth-order valence-electron chi connectivity index (χ4n) is 2.62. The molecular weight excluding hydrogens is 332 g/mol. The van der Waals surface area contributed by atoms with Crippen molar-refractivity contribution in [3.63, 3.8) is 0 Å². The van der Waals surface area contributed by atoms with Crippen LogP contribution in [0.4, 0.5) is 5.69 Å². The van der Waals surface area contributed by atoms with Crippen molar-refractivity contribution in [2.45, 2.75) is 34.1 Å². The summed E-state index contributed by atoms with van der Waals surface area (Å²) in [6.45, 7) is 8.80. The van der Waals surface area contributed by atoms with E-state index in [1.807, 2.05) is 20.8 Å². The average Bonchev–Trinajstić information content (AvgIpc) is 2.56. The maximum atomic E-state index is 12.3. The van der Waals surface area contributed by atoms with E-state index in [0.717, 1.165) is 29.0 Å². The molecule has 0 atom stereocenters. The molecule has 5 heteroatoms. The average molecular weight is 356 g/mol. The van der Waals surface area contributed by atoms with Gasteiger partial charge < -0.3 is 10.1 Å². The minimum Gasteiger partial charge on any atom is -0.494 e. The highest BCUT2D eigenvalue weighted by Gasteiger charge is 2.10. The van der Waals surface area contributed by atoms with E-state index in [0.29, 0.717) is 12.2 Å². The second-order valence-corrected chi connectivity index (χ2v) is 6.46. The van der Waals surface area contributed by atoms with E-state index in [1.165, 1.54) is 5.56 Å². The first kappa shape index (κ1) is 18.9. The molecule has 0 saturated carbocycles. The van der Waals surface area contributed by atoms with Gasteiger partial charge >= 0.3 is 0 Å². The molecule has 0 aromatic heterocycles. The molecule has 25 heavy (non-hydrogen) atoms. The van der Waals surface area contributed by atoms with Gasteiger partial charge in [0, 0.05) is 11.3 Å². The van der Waals surface area contributed by atoms with Crippen molar-refractivity contribution >= 4 is 28.9 Å². The van der Waals surface area contributed by atoms with E-state index in [2.05, 4.69) is 29.7 Å². The summed E-state index contributed by atoms with van der Waals surface area (Å²) in [5, 5.41) is 6.12. The predicted octanol–water partition coefficient (Wildman–Crippen LogP) is 4.53. The maximum Gasteiger partial charge on any atom is 0.257 e. The SMILES string of the molecule is CCCOc1ccc(C(=O)NC(=S)Nc2c(C)cc(C)cc2C)cc1. The molecule has 0 spiro atoms. The van der Waals surface area contributed by atoms with E-state index < -0.39 is 0 Å². The Hall–Kier alpha value is -2.40. The highest BCUT2D eigenvalue weighted by molar-refractivity contribution is 7.80. The number of benzene rings is 2. The molecule has 2 aromatic rings. The van der Waals surface area contributed by atoms with E-state index >= 15 is 0 Å². The molecule has 1 amide bonds. The molecular formula is C20H24N2O2S. The normalized spacial score (nSPS) is 10.2. The zero-order valence-electron chi connectivity index (χ0n) is 15.1. The number of carbonyl (C=O) groups excluding carboxylic acids is 1. The Morgan fingerprint density at radius 3 is 2.24 bits per heavy atom. The van der Waals surface area contributed by atoms with Gasteiger partial charge in [-0.25, -0.2) is 0 Å². The summed E-state index contributed by atoms with van der Waals surface area (Å²) in [5.74, 6) is 0.506. The number of aryl methyl sites for hydroxylation is 3. The number of ether oxygens (including phenoxy) is 1. The smallest absolute Gasteiger partial charge is 0.257 e. The number of hydrogen-bond acceptors (Lipinski definition) is 3. The van der Waals surface area contributed by atoms with Gasteiger partial charge in [0.05, 0.1) is 6.61 Å². The Balaban J connectivity index is 1.99. The summed E-state index contributed by atoms with van der Waals surface area (Å²) in [6.07, 6.45) is 0.944. The van der Waals surface area contributed by atoms with Crippen molar-refractivity contribution < 1.29 is 9.53 Å². The van der Waals surface area contributed by atoms with Gasteiger partial charge in [0.15, 0.2) is 5.11 Å². The zero-order valence-corrected chi connectivity index (χ0v) is 15.9. The lowest BCUT2D eigenvalue weighted by Crippen LogP contribution is -2.34. The summed E-state index contributed by atoms with van der Waals surface area (Å²) >= 11 is 5.28. The highest BCUT2D eigenvalue weighted by Crippen LogP contribution is 2.21. The van der Waals surface area contributed by atoms with E-state index in [4.69, 9.17) is 17.0 Å². The van der Waals surface area contributed by atoms with Crippen LogP contribution in [0.15, 0.2) is 36.4 Å². The maximum absolute atomic E-state index is 12.3. The van der Waals surface area contributed by atoms with Gasteiger partial charge in [-0.1, -0.05) is 24.6 Å². The third-order valence-corrected chi connectivity index (χ3v) is 3.94. The van der Waals surface area contributed by atoms with Gasteiger partial charge in [-0.05, 0) is 74.8 Å². The molecule has 0 fully saturated rings. The van der Waals surface area contributed by atoms with Crippen molar-refractivity contribution in [2.24, 2.45) is 0 Å². The van der Waals surface area contributed by atoms with Gasteiger partial charge in [0.25, 0.3) is 5.91 Å². The van der Waals surface area contributed by atoms with Gasteiger partial charge in [-0.3, -0.25) is 10.1 Å². The van der Waals surface area contributed by atoms with Crippen LogP contribution in [0, 0.1) is 20.8 Å². The van der Waals surface area contributed by atoms with Gasteiger partial charge in [0.2, 0.25) is 0 Å². The molecule has 2 rings (SSSR count). The summed E-state index contributed by atoms with van der Waals surface area (Å²) in [6, 6.07) is 11.2. The van der Waals surface area contributed by atoms with Crippen LogP contribution in [0.5, 0.6) is 5.75 Å². The van der Waals surface area contributed by atoms with Crippen molar-refractivity contribution in [1.82, 2.24) is 5.32 Å². The fourth-order valence-corrected chi connectivity index (χ4v) is 2.81. The minimum absolute atomic E-state index is 0.248. The first-order chi connectivity index (χ1) is 11.9. The lowest BCUT2D eigenvalue weighted by atomic mass is 10.1. The molecule has 2 N–H and O–H groups in total. The van der Waals surface area contributed by atoms with Crippen LogP contribution in [0.2, 0.25) is 0 Å².